The fourth-order valence-corrected chi connectivity index (χ4v) is 1.95. The molecule has 0 unspecified atom stereocenters. The summed E-state index contributed by atoms with van der Waals surface area (Å²) in [7, 11) is 0. The van der Waals surface area contributed by atoms with E-state index >= 15 is 0 Å². The van der Waals surface area contributed by atoms with E-state index in [0.29, 0.717) is 0 Å². The van der Waals surface area contributed by atoms with Gasteiger partial charge in [0.1, 0.15) is 0 Å². The predicted octanol–water partition coefficient (Wildman–Crippen LogP) is 1.91. The number of aromatic nitrogens is 2. The number of nitrogens with two attached hydrogens (primary N) is 1. The van der Waals surface area contributed by atoms with Crippen molar-refractivity contribution in [3.05, 3.63) is 34.8 Å². The lowest BCUT2D eigenvalue weighted by Crippen LogP contribution is -2.16. The first-order valence-electron chi connectivity index (χ1n) is 5.61. The zero-order valence-electron chi connectivity index (χ0n) is 10.2. The third-order valence-corrected chi connectivity index (χ3v) is 3.02. The van der Waals surface area contributed by atoms with Crippen LogP contribution in [0.4, 0.5) is 0 Å². The highest BCUT2D eigenvalue weighted by atomic mass is 16.1. The molecular weight excluding hydrogens is 214 g/mol. The van der Waals surface area contributed by atoms with Crippen LogP contribution < -0.4 is 5.73 Å². The second-order valence-corrected chi connectivity index (χ2v) is 4.11. The molecule has 1 heterocycles. The molecule has 0 spiro atoms. The highest BCUT2D eigenvalue weighted by Crippen LogP contribution is 2.23. The average Bonchev–Trinajstić information content (AvgIpc) is 2.32. The largest absolute Gasteiger partial charge is 0.363 e. The van der Waals surface area contributed by atoms with E-state index < -0.39 is 5.91 Å². The lowest BCUT2D eigenvalue weighted by Gasteiger charge is -2.10. The molecule has 0 atom stereocenters. The summed E-state index contributed by atoms with van der Waals surface area (Å²) in [4.78, 5) is 19.6. The fraction of sp³-hybridized carbons (Fsp3) is 0.308. The third-order valence-electron chi connectivity index (χ3n) is 3.02. The van der Waals surface area contributed by atoms with Crippen LogP contribution in [0.25, 0.3) is 10.9 Å². The maximum absolute atomic E-state index is 11.2. The van der Waals surface area contributed by atoms with Crippen molar-refractivity contribution in [2.75, 3.05) is 0 Å². The van der Waals surface area contributed by atoms with Crippen molar-refractivity contribution in [2.24, 2.45) is 5.73 Å². The Labute approximate surface area is 99.9 Å². The minimum Gasteiger partial charge on any atom is -0.363 e. The molecule has 0 saturated carbocycles. The van der Waals surface area contributed by atoms with Gasteiger partial charge in [-0.25, -0.2) is 9.97 Å². The first kappa shape index (κ1) is 11.5. The molecular formula is C13H15N3O. The second kappa shape index (κ2) is 4.13. The summed E-state index contributed by atoms with van der Waals surface area (Å²) in [5, 5.41) is 1.04. The Bertz CT molecular complexity index is 605. The maximum Gasteiger partial charge on any atom is 0.286 e. The molecule has 0 saturated heterocycles. The summed E-state index contributed by atoms with van der Waals surface area (Å²) < 4.78 is 0. The van der Waals surface area contributed by atoms with Gasteiger partial charge < -0.3 is 5.73 Å². The second-order valence-electron chi connectivity index (χ2n) is 4.11. The monoisotopic (exact) mass is 229 g/mol. The lowest BCUT2D eigenvalue weighted by atomic mass is 10.0. The van der Waals surface area contributed by atoms with Crippen molar-refractivity contribution in [1.29, 1.82) is 0 Å². The first-order valence-corrected chi connectivity index (χ1v) is 5.61. The van der Waals surface area contributed by atoms with Crippen molar-refractivity contribution in [3.8, 4) is 0 Å². The molecule has 2 N–H and O–H groups in total. The molecule has 17 heavy (non-hydrogen) atoms. The van der Waals surface area contributed by atoms with Crippen molar-refractivity contribution >= 4 is 16.8 Å². The molecule has 2 rings (SSSR count). The summed E-state index contributed by atoms with van der Waals surface area (Å²) in [6, 6.07) is 3.90. The summed E-state index contributed by atoms with van der Waals surface area (Å²) in [6.45, 7) is 6.11. The van der Waals surface area contributed by atoms with Crippen LogP contribution in [-0.4, -0.2) is 15.9 Å². The van der Waals surface area contributed by atoms with Crippen LogP contribution in [0.15, 0.2) is 12.1 Å². The SMILES string of the molecule is CCc1nc(C(N)=O)nc2ccc(C)c(C)c12. The van der Waals surface area contributed by atoms with Gasteiger partial charge in [0.2, 0.25) is 5.82 Å². The van der Waals surface area contributed by atoms with E-state index in [1.165, 1.54) is 5.56 Å². The number of benzene rings is 1. The number of fused-ring (bicyclic) bond motifs is 1. The van der Waals surface area contributed by atoms with Gasteiger partial charge in [-0.3, -0.25) is 4.79 Å². The average molecular weight is 229 g/mol. The van der Waals surface area contributed by atoms with Crippen molar-refractivity contribution in [3.63, 3.8) is 0 Å². The zero-order valence-corrected chi connectivity index (χ0v) is 10.2. The zero-order chi connectivity index (χ0) is 12.6. The number of carbonyl (C=O) groups is 1. The first-order chi connectivity index (χ1) is 8.04. The molecule has 1 aromatic heterocycles. The quantitative estimate of drug-likeness (QED) is 0.855. The molecule has 0 aliphatic heterocycles. The van der Waals surface area contributed by atoms with Gasteiger partial charge in [0.15, 0.2) is 0 Å². The van der Waals surface area contributed by atoms with Gasteiger partial charge in [-0.2, -0.15) is 0 Å². The van der Waals surface area contributed by atoms with Crippen molar-refractivity contribution in [2.45, 2.75) is 27.2 Å². The Morgan fingerprint density at radius 2 is 2.00 bits per heavy atom. The molecule has 0 radical (unpaired) electrons. The van der Waals surface area contributed by atoms with E-state index in [1.54, 1.807) is 0 Å². The van der Waals surface area contributed by atoms with E-state index in [2.05, 4.69) is 16.9 Å². The molecule has 4 nitrogen and oxygen atoms in total. The Morgan fingerprint density at radius 1 is 1.29 bits per heavy atom. The Kier molecular flexibility index (Phi) is 2.79. The Balaban J connectivity index is 2.87. The van der Waals surface area contributed by atoms with Gasteiger partial charge >= 0.3 is 0 Å². The fourth-order valence-electron chi connectivity index (χ4n) is 1.95. The predicted molar refractivity (Wildman–Crippen MR) is 66.9 cm³/mol. The van der Waals surface area contributed by atoms with Gasteiger partial charge in [0.05, 0.1) is 11.2 Å². The normalized spacial score (nSPS) is 10.8. The molecule has 0 aliphatic carbocycles. The van der Waals surface area contributed by atoms with Crippen molar-refractivity contribution < 1.29 is 4.79 Å². The van der Waals surface area contributed by atoms with E-state index in [-0.39, 0.29) is 5.82 Å². The highest BCUT2D eigenvalue weighted by molar-refractivity contribution is 5.93. The standard InChI is InChI=1S/C13H15N3O/c1-4-9-11-8(3)7(2)5-6-10(11)16-13(15-9)12(14)17/h5-6H,4H2,1-3H3,(H2,14,17). The van der Waals surface area contributed by atoms with Crippen LogP contribution in [-0.2, 0) is 6.42 Å². The van der Waals surface area contributed by atoms with E-state index in [4.69, 9.17) is 5.73 Å². The summed E-state index contributed by atoms with van der Waals surface area (Å²) in [5.41, 5.74) is 9.26. The van der Waals surface area contributed by atoms with E-state index in [9.17, 15) is 4.79 Å². The number of amides is 1. The molecule has 0 aliphatic rings. The lowest BCUT2D eigenvalue weighted by molar-refractivity contribution is 0.0990. The topological polar surface area (TPSA) is 68.9 Å². The summed E-state index contributed by atoms with van der Waals surface area (Å²) in [6.07, 6.45) is 0.754. The Hall–Kier alpha value is -1.97. The van der Waals surface area contributed by atoms with Crippen LogP contribution >= 0.6 is 0 Å². The number of primary amides is 1. The molecule has 0 fully saturated rings. The summed E-state index contributed by atoms with van der Waals surface area (Å²) in [5.74, 6) is -0.488. The minimum atomic E-state index is -0.583. The molecule has 88 valence electrons. The molecule has 1 amide bonds. The van der Waals surface area contributed by atoms with Crippen LogP contribution in [0.2, 0.25) is 0 Å². The number of hydrogen-bond donors (Lipinski definition) is 1. The van der Waals surface area contributed by atoms with Gasteiger partial charge in [-0.05, 0) is 37.5 Å². The van der Waals surface area contributed by atoms with Gasteiger partial charge in [-0.15, -0.1) is 0 Å². The van der Waals surface area contributed by atoms with Gasteiger partial charge in [-0.1, -0.05) is 13.0 Å². The molecule has 4 heteroatoms. The molecule has 0 bridgehead atoms. The van der Waals surface area contributed by atoms with Crippen LogP contribution in [0.5, 0.6) is 0 Å². The number of carbonyl (C=O) groups excluding carboxylic acids is 1. The third kappa shape index (κ3) is 1.86. The Morgan fingerprint density at radius 3 is 2.59 bits per heavy atom. The van der Waals surface area contributed by atoms with Crippen molar-refractivity contribution in [1.82, 2.24) is 9.97 Å². The van der Waals surface area contributed by atoms with E-state index in [0.717, 1.165) is 28.6 Å². The van der Waals surface area contributed by atoms with Crippen LogP contribution in [0, 0.1) is 13.8 Å². The minimum absolute atomic E-state index is 0.0950. The van der Waals surface area contributed by atoms with Gasteiger partial charge in [0, 0.05) is 5.39 Å². The van der Waals surface area contributed by atoms with Crippen LogP contribution in [0.1, 0.15) is 34.4 Å². The number of rotatable bonds is 2. The molecule has 2 aromatic rings. The van der Waals surface area contributed by atoms with Gasteiger partial charge in [0.25, 0.3) is 5.91 Å². The summed E-state index contributed by atoms with van der Waals surface area (Å²) >= 11 is 0. The van der Waals surface area contributed by atoms with Crippen LogP contribution in [0.3, 0.4) is 0 Å². The molecule has 1 aromatic carbocycles. The maximum atomic E-state index is 11.2. The number of hydrogen-bond acceptors (Lipinski definition) is 3. The van der Waals surface area contributed by atoms with E-state index in [1.807, 2.05) is 26.0 Å². The smallest absolute Gasteiger partial charge is 0.286 e. The number of aryl methyl sites for hydroxylation is 3. The highest BCUT2D eigenvalue weighted by Gasteiger charge is 2.12. The number of nitrogens with zero attached hydrogens (tertiary/aromatic N) is 2.